The lowest BCUT2D eigenvalue weighted by atomic mass is 9.83. The van der Waals surface area contributed by atoms with Crippen molar-refractivity contribution in [3.05, 3.63) is 63.6 Å². The Kier molecular flexibility index (Phi) is 4.12. The zero-order valence-electron chi connectivity index (χ0n) is 11.8. The fraction of sp³-hybridized carbons (Fsp3) is 0.294. The van der Waals surface area contributed by atoms with Crippen LogP contribution in [0.1, 0.15) is 23.0 Å². The number of hydrogen-bond acceptors (Lipinski definition) is 2. The minimum Gasteiger partial charge on any atom is -0.508 e. The van der Waals surface area contributed by atoms with E-state index in [9.17, 15) is 5.11 Å². The highest BCUT2D eigenvalue weighted by molar-refractivity contribution is 6.33. The Morgan fingerprint density at radius 2 is 1.67 bits per heavy atom. The average molecular weight is 322 g/mol. The van der Waals surface area contributed by atoms with Crippen molar-refractivity contribution in [3.63, 3.8) is 0 Å². The molecule has 2 aromatic carbocycles. The lowest BCUT2D eigenvalue weighted by Crippen LogP contribution is -2.13. The quantitative estimate of drug-likeness (QED) is 0.879. The molecular weight excluding hydrogens is 305 g/mol. The number of aromatic hydroxyl groups is 1. The minimum absolute atomic E-state index is 0.215. The Morgan fingerprint density at radius 1 is 1.00 bits per heavy atom. The Bertz CT molecular complexity index is 659. The molecule has 0 bridgehead atoms. The van der Waals surface area contributed by atoms with Gasteiger partial charge in [-0.2, -0.15) is 0 Å². The first-order chi connectivity index (χ1) is 10.1. The Balaban J connectivity index is 2.04. The van der Waals surface area contributed by atoms with Crippen molar-refractivity contribution in [2.45, 2.75) is 11.8 Å². The van der Waals surface area contributed by atoms with Gasteiger partial charge in [-0.05, 0) is 42.4 Å². The molecular formula is C17H17Cl2NO. The third-order valence-electron chi connectivity index (χ3n) is 4.20. The molecule has 2 atom stereocenters. The van der Waals surface area contributed by atoms with E-state index in [1.54, 1.807) is 12.1 Å². The molecule has 0 aliphatic carbocycles. The van der Waals surface area contributed by atoms with Gasteiger partial charge in [0.1, 0.15) is 5.75 Å². The Labute approximate surface area is 134 Å². The highest BCUT2D eigenvalue weighted by atomic mass is 35.5. The van der Waals surface area contributed by atoms with E-state index in [1.165, 1.54) is 0 Å². The second kappa shape index (κ2) is 5.88. The standard InChI is InChI=1S/C17H17Cl2NO/c1-20-9-14(12-4-2-3-5-17(12)21)15(10-20)13-8-11(18)6-7-16(13)19/h2-8,14-15,21H,9-10H2,1H3/t14-,15-/m0/s1. The van der Waals surface area contributed by atoms with Crippen molar-refractivity contribution in [1.82, 2.24) is 4.90 Å². The van der Waals surface area contributed by atoms with E-state index in [1.807, 2.05) is 30.3 Å². The largest absolute Gasteiger partial charge is 0.508 e. The molecule has 3 rings (SSSR count). The van der Waals surface area contributed by atoms with Gasteiger partial charge in [0.2, 0.25) is 0 Å². The summed E-state index contributed by atoms with van der Waals surface area (Å²) in [6, 6.07) is 13.1. The number of likely N-dealkylation sites (N-methyl/N-ethyl adjacent to an activating group) is 1. The van der Waals surface area contributed by atoms with Crippen LogP contribution in [0.15, 0.2) is 42.5 Å². The van der Waals surface area contributed by atoms with Crippen molar-refractivity contribution >= 4 is 23.2 Å². The van der Waals surface area contributed by atoms with Gasteiger partial charge in [0.25, 0.3) is 0 Å². The van der Waals surface area contributed by atoms with Crippen LogP contribution in [-0.4, -0.2) is 30.1 Å². The van der Waals surface area contributed by atoms with Gasteiger partial charge in [0, 0.05) is 35.0 Å². The zero-order valence-corrected chi connectivity index (χ0v) is 13.3. The molecule has 0 aromatic heterocycles. The molecule has 0 radical (unpaired) electrons. The maximum absolute atomic E-state index is 10.2. The van der Waals surface area contributed by atoms with Gasteiger partial charge in [-0.1, -0.05) is 41.4 Å². The van der Waals surface area contributed by atoms with Gasteiger partial charge >= 0.3 is 0 Å². The van der Waals surface area contributed by atoms with Crippen LogP contribution in [0.3, 0.4) is 0 Å². The molecule has 1 fully saturated rings. The summed E-state index contributed by atoms with van der Waals surface area (Å²) >= 11 is 12.5. The average Bonchev–Trinajstić information content (AvgIpc) is 2.83. The summed E-state index contributed by atoms with van der Waals surface area (Å²) in [7, 11) is 2.09. The first kappa shape index (κ1) is 14.7. The number of para-hydroxylation sites is 1. The summed E-state index contributed by atoms with van der Waals surface area (Å²) in [5.41, 5.74) is 2.03. The maximum atomic E-state index is 10.2. The summed E-state index contributed by atoms with van der Waals surface area (Å²) in [6.07, 6.45) is 0. The van der Waals surface area contributed by atoms with E-state index in [-0.39, 0.29) is 11.8 Å². The molecule has 2 nitrogen and oxygen atoms in total. The summed E-state index contributed by atoms with van der Waals surface area (Å²) in [6.45, 7) is 1.80. The fourth-order valence-electron chi connectivity index (χ4n) is 3.23. The molecule has 1 aliphatic heterocycles. The van der Waals surface area contributed by atoms with Crippen LogP contribution >= 0.6 is 23.2 Å². The van der Waals surface area contributed by atoms with Crippen LogP contribution in [0.25, 0.3) is 0 Å². The van der Waals surface area contributed by atoms with Crippen molar-refractivity contribution in [1.29, 1.82) is 0 Å². The molecule has 1 aliphatic rings. The van der Waals surface area contributed by atoms with Crippen LogP contribution in [-0.2, 0) is 0 Å². The Morgan fingerprint density at radius 3 is 2.38 bits per heavy atom. The smallest absolute Gasteiger partial charge is 0.119 e. The molecule has 0 saturated carbocycles. The maximum Gasteiger partial charge on any atom is 0.119 e. The molecule has 1 N–H and O–H groups in total. The molecule has 0 unspecified atom stereocenters. The van der Waals surface area contributed by atoms with E-state index < -0.39 is 0 Å². The molecule has 21 heavy (non-hydrogen) atoms. The normalized spacial score (nSPS) is 22.6. The second-order valence-corrected chi connectivity index (χ2v) is 6.50. The van der Waals surface area contributed by atoms with Gasteiger partial charge in [0.15, 0.2) is 0 Å². The SMILES string of the molecule is CN1C[C@@H](c2ccccc2O)[C@H](c2cc(Cl)ccc2Cl)C1. The second-order valence-electron chi connectivity index (χ2n) is 5.66. The number of hydrogen-bond donors (Lipinski definition) is 1. The van der Waals surface area contributed by atoms with Gasteiger partial charge < -0.3 is 10.0 Å². The predicted molar refractivity (Wildman–Crippen MR) is 87.5 cm³/mol. The van der Waals surface area contributed by atoms with Crippen molar-refractivity contribution in [3.8, 4) is 5.75 Å². The summed E-state index contributed by atoms with van der Waals surface area (Å²) < 4.78 is 0. The number of rotatable bonds is 2. The van der Waals surface area contributed by atoms with E-state index >= 15 is 0 Å². The summed E-state index contributed by atoms with van der Waals surface area (Å²) in [5, 5.41) is 11.6. The summed E-state index contributed by atoms with van der Waals surface area (Å²) in [4.78, 5) is 2.26. The zero-order chi connectivity index (χ0) is 15.0. The third kappa shape index (κ3) is 2.89. The minimum atomic E-state index is 0.215. The van der Waals surface area contributed by atoms with Crippen LogP contribution < -0.4 is 0 Å². The van der Waals surface area contributed by atoms with E-state index in [0.29, 0.717) is 10.8 Å². The first-order valence-corrected chi connectivity index (χ1v) is 7.73. The highest BCUT2D eigenvalue weighted by Gasteiger charge is 2.35. The molecule has 0 amide bonds. The van der Waals surface area contributed by atoms with Gasteiger partial charge in [-0.15, -0.1) is 0 Å². The number of nitrogens with zero attached hydrogens (tertiary/aromatic N) is 1. The number of likely N-dealkylation sites (tertiary alicyclic amines) is 1. The van der Waals surface area contributed by atoms with Crippen LogP contribution in [0, 0.1) is 0 Å². The van der Waals surface area contributed by atoms with Gasteiger partial charge in [-0.25, -0.2) is 0 Å². The molecule has 0 spiro atoms. The van der Waals surface area contributed by atoms with Crippen molar-refractivity contribution < 1.29 is 5.11 Å². The number of phenols is 1. The van der Waals surface area contributed by atoms with Gasteiger partial charge in [-0.3, -0.25) is 0 Å². The molecule has 1 saturated heterocycles. The van der Waals surface area contributed by atoms with Crippen LogP contribution in [0.5, 0.6) is 5.75 Å². The molecule has 110 valence electrons. The van der Waals surface area contributed by atoms with Crippen molar-refractivity contribution in [2.75, 3.05) is 20.1 Å². The highest BCUT2D eigenvalue weighted by Crippen LogP contribution is 2.44. The topological polar surface area (TPSA) is 23.5 Å². The monoisotopic (exact) mass is 321 g/mol. The molecule has 4 heteroatoms. The molecule has 1 heterocycles. The van der Waals surface area contributed by atoms with Crippen molar-refractivity contribution in [2.24, 2.45) is 0 Å². The lowest BCUT2D eigenvalue weighted by molar-refractivity contribution is 0.405. The lowest BCUT2D eigenvalue weighted by Gasteiger charge is -2.21. The first-order valence-electron chi connectivity index (χ1n) is 6.97. The number of phenolic OH excluding ortho intramolecular Hbond substituents is 1. The Hall–Kier alpha value is -1.22. The molecule has 2 aromatic rings. The van der Waals surface area contributed by atoms with E-state index in [2.05, 4.69) is 11.9 Å². The predicted octanol–water partition coefficient (Wildman–Crippen LogP) is 4.51. The third-order valence-corrected chi connectivity index (χ3v) is 4.78. The van der Waals surface area contributed by atoms with Crippen LogP contribution in [0.4, 0.5) is 0 Å². The van der Waals surface area contributed by atoms with E-state index in [4.69, 9.17) is 23.2 Å². The number of benzene rings is 2. The summed E-state index contributed by atoms with van der Waals surface area (Å²) in [5.74, 6) is 0.794. The fourth-order valence-corrected chi connectivity index (χ4v) is 3.67. The number of halogens is 2. The van der Waals surface area contributed by atoms with Gasteiger partial charge in [0.05, 0.1) is 0 Å². The van der Waals surface area contributed by atoms with Crippen LogP contribution in [0.2, 0.25) is 10.0 Å². The van der Waals surface area contributed by atoms with E-state index in [0.717, 1.165) is 29.2 Å².